The van der Waals surface area contributed by atoms with E-state index in [1.807, 2.05) is 0 Å². The Morgan fingerprint density at radius 1 is 0.838 bits per heavy atom. The fraction of sp³-hybridized carbons (Fsp3) is 0.500. The van der Waals surface area contributed by atoms with Crippen LogP contribution < -0.4 is 4.74 Å². The normalized spacial score (nSPS) is 23.0. The van der Waals surface area contributed by atoms with E-state index in [4.69, 9.17) is 28.4 Å². The molecular formula is C24H29NO12. The van der Waals surface area contributed by atoms with E-state index in [9.17, 15) is 24.0 Å². The van der Waals surface area contributed by atoms with Gasteiger partial charge in [0.15, 0.2) is 18.0 Å². The maximum Gasteiger partial charge on any atom is 0.303 e. The highest BCUT2D eigenvalue weighted by molar-refractivity contribution is 6.03. The van der Waals surface area contributed by atoms with E-state index in [1.54, 1.807) is 0 Å². The lowest BCUT2D eigenvalue weighted by Gasteiger charge is -2.43. The fourth-order valence-corrected chi connectivity index (χ4v) is 3.45. The van der Waals surface area contributed by atoms with Crippen LogP contribution >= 0.6 is 0 Å². The molecule has 1 aromatic carbocycles. The summed E-state index contributed by atoms with van der Waals surface area (Å²) in [4.78, 5) is 63.7. The minimum atomic E-state index is -1.38. The van der Waals surface area contributed by atoms with Crippen LogP contribution in [0.15, 0.2) is 29.4 Å². The average Bonchev–Trinajstić information content (AvgIpc) is 2.81. The van der Waals surface area contributed by atoms with E-state index in [0.717, 1.165) is 20.8 Å². The number of rotatable bonds is 11. The Hall–Kier alpha value is -4.00. The van der Waals surface area contributed by atoms with Crippen molar-refractivity contribution in [1.82, 2.24) is 0 Å². The first-order chi connectivity index (χ1) is 17.5. The molecule has 37 heavy (non-hydrogen) atoms. The molecule has 13 heteroatoms. The lowest BCUT2D eigenvalue weighted by atomic mass is 9.98. The van der Waals surface area contributed by atoms with Crippen molar-refractivity contribution in [1.29, 1.82) is 0 Å². The van der Waals surface area contributed by atoms with Gasteiger partial charge in [-0.15, -0.1) is 0 Å². The molecule has 1 heterocycles. The predicted octanol–water partition coefficient (Wildman–Crippen LogP) is 1.35. The number of oxime groups is 1. The highest BCUT2D eigenvalue weighted by atomic mass is 16.7. The minimum Gasteiger partial charge on any atom is -0.463 e. The summed E-state index contributed by atoms with van der Waals surface area (Å²) in [7, 11) is 1.36. The van der Waals surface area contributed by atoms with E-state index in [2.05, 4.69) is 9.99 Å². The maximum absolute atomic E-state index is 12.2. The van der Waals surface area contributed by atoms with Crippen molar-refractivity contribution in [2.45, 2.75) is 64.8 Å². The number of esters is 4. The van der Waals surface area contributed by atoms with Gasteiger partial charge in [0.2, 0.25) is 12.4 Å². The Labute approximate surface area is 212 Å². The van der Waals surface area contributed by atoms with Gasteiger partial charge in [-0.05, 0) is 24.3 Å². The number of carbonyl (C=O) groups excluding carboxylic acids is 5. The Kier molecular flexibility index (Phi) is 11.0. The summed E-state index contributed by atoms with van der Waals surface area (Å²) >= 11 is 0. The molecule has 202 valence electrons. The van der Waals surface area contributed by atoms with Gasteiger partial charge in [-0.2, -0.15) is 0 Å². The maximum atomic E-state index is 12.2. The molecule has 0 N–H and O–H groups in total. The van der Waals surface area contributed by atoms with E-state index in [1.165, 1.54) is 44.5 Å². The summed E-state index contributed by atoms with van der Waals surface area (Å²) in [5.41, 5.74) is 0.372. The molecular weight excluding hydrogens is 494 g/mol. The van der Waals surface area contributed by atoms with Crippen LogP contribution in [-0.2, 0) is 47.7 Å². The topological polar surface area (TPSA) is 162 Å². The van der Waals surface area contributed by atoms with Crippen LogP contribution in [0.1, 0.15) is 44.5 Å². The number of hydrogen-bond donors (Lipinski definition) is 0. The van der Waals surface area contributed by atoms with Crippen molar-refractivity contribution in [3.8, 4) is 5.75 Å². The van der Waals surface area contributed by atoms with Crippen molar-refractivity contribution in [3.05, 3.63) is 29.8 Å². The standard InChI is InChI=1S/C24H29NO12/c1-13(26)32-12-20-21(33-14(2)27)22(34-15(3)28)23(35-16(4)29)24(37-20)36-18-8-6-17(7-9-18)19(30)10-11-25-31-5/h6-9,11,20-24H,10,12H2,1-5H3/b25-11+/t20-,21-,22+,23-,24-/m1/s1. The second kappa shape index (κ2) is 13.9. The van der Waals surface area contributed by atoms with Gasteiger partial charge in [0.1, 0.15) is 25.6 Å². The van der Waals surface area contributed by atoms with Gasteiger partial charge in [-0.1, -0.05) is 5.16 Å². The summed E-state index contributed by atoms with van der Waals surface area (Å²) in [5.74, 6) is -2.90. The van der Waals surface area contributed by atoms with Gasteiger partial charge in [0.05, 0.1) is 6.21 Å². The van der Waals surface area contributed by atoms with Crippen molar-refractivity contribution in [2.75, 3.05) is 13.7 Å². The van der Waals surface area contributed by atoms with Crippen molar-refractivity contribution in [2.24, 2.45) is 5.16 Å². The highest BCUT2D eigenvalue weighted by Gasteiger charge is 2.53. The smallest absolute Gasteiger partial charge is 0.303 e. The average molecular weight is 523 g/mol. The number of Topliss-reactive ketones (excluding diaryl/α,β-unsaturated/α-hetero) is 1. The number of hydrogen-bond acceptors (Lipinski definition) is 13. The largest absolute Gasteiger partial charge is 0.463 e. The summed E-state index contributed by atoms with van der Waals surface area (Å²) in [6, 6.07) is 5.97. The number of benzene rings is 1. The van der Waals surface area contributed by atoms with Crippen LogP contribution in [0.4, 0.5) is 0 Å². The molecule has 13 nitrogen and oxygen atoms in total. The summed E-state index contributed by atoms with van der Waals surface area (Å²) in [6.45, 7) is 4.16. The van der Waals surface area contributed by atoms with E-state index < -0.39 is 54.6 Å². The molecule has 2 rings (SSSR count). The molecule has 0 spiro atoms. The quantitative estimate of drug-likeness (QED) is 0.135. The molecule has 0 radical (unpaired) electrons. The van der Waals surface area contributed by atoms with Gasteiger partial charge in [-0.3, -0.25) is 24.0 Å². The number of ketones is 1. The third-order valence-corrected chi connectivity index (χ3v) is 4.83. The van der Waals surface area contributed by atoms with Gasteiger partial charge in [-0.25, -0.2) is 0 Å². The Balaban J connectivity index is 2.36. The van der Waals surface area contributed by atoms with Crippen LogP contribution in [0.5, 0.6) is 5.75 Å². The first-order valence-corrected chi connectivity index (χ1v) is 11.2. The zero-order valence-corrected chi connectivity index (χ0v) is 21.0. The lowest BCUT2D eigenvalue weighted by molar-refractivity contribution is -0.288. The summed E-state index contributed by atoms with van der Waals surface area (Å²) in [6.07, 6.45) is -5.20. The van der Waals surface area contributed by atoms with Gasteiger partial charge in [0, 0.05) is 39.7 Å². The van der Waals surface area contributed by atoms with Crippen molar-refractivity contribution in [3.63, 3.8) is 0 Å². The highest BCUT2D eigenvalue weighted by Crippen LogP contribution is 2.31. The molecule has 0 unspecified atom stereocenters. The molecule has 1 aliphatic heterocycles. The Bertz CT molecular complexity index is 1010. The molecule has 1 aromatic rings. The van der Waals surface area contributed by atoms with E-state index in [-0.39, 0.29) is 24.6 Å². The predicted molar refractivity (Wildman–Crippen MR) is 123 cm³/mol. The Morgan fingerprint density at radius 2 is 1.41 bits per heavy atom. The molecule has 0 amide bonds. The lowest BCUT2D eigenvalue weighted by Crippen LogP contribution is -2.63. The zero-order valence-electron chi connectivity index (χ0n) is 21.0. The van der Waals surface area contributed by atoms with Gasteiger partial charge < -0.3 is 33.3 Å². The van der Waals surface area contributed by atoms with Crippen LogP contribution in [0, 0.1) is 0 Å². The molecule has 0 aromatic heterocycles. The van der Waals surface area contributed by atoms with Crippen LogP contribution in [0.2, 0.25) is 0 Å². The first-order valence-electron chi connectivity index (χ1n) is 11.2. The molecule has 0 bridgehead atoms. The number of nitrogens with zero attached hydrogens (tertiary/aromatic N) is 1. The molecule has 1 aliphatic rings. The van der Waals surface area contributed by atoms with Gasteiger partial charge >= 0.3 is 23.9 Å². The van der Waals surface area contributed by atoms with Gasteiger partial charge in [0.25, 0.3) is 0 Å². The molecule has 1 fully saturated rings. The fourth-order valence-electron chi connectivity index (χ4n) is 3.45. The molecule has 1 saturated heterocycles. The van der Waals surface area contributed by atoms with E-state index in [0.29, 0.717) is 5.56 Å². The first kappa shape index (κ1) is 29.2. The van der Waals surface area contributed by atoms with Crippen LogP contribution in [0.25, 0.3) is 0 Å². The third kappa shape index (κ3) is 9.18. The number of carbonyl (C=O) groups is 5. The van der Waals surface area contributed by atoms with Crippen LogP contribution in [0.3, 0.4) is 0 Å². The minimum absolute atomic E-state index is 0.0216. The second-order valence-corrected chi connectivity index (χ2v) is 7.81. The molecule has 0 aliphatic carbocycles. The van der Waals surface area contributed by atoms with E-state index >= 15 is 0 Å². The van der Waals surface area contributed by atoms with Crippen LogP contribution in [-0.4, -0.2) is 80.3 Å². The SMILES string of the molecule is CO/N=C/CC(=O)c1ccc(O[C@@H]2O[C@H](COC(C)=O)[C@@H](OC(C)=O)[C@H](OC(C)=O)[C@H]2OC(C)=O)cc1. The van der Waals surface area contributed by atoms with Crippen molar-refractivity contribution < 1.29 is 57.2 Å². The van der Waals surface area contributed by atoms with Crippen molar-refractivity contribution >= 4 is 35.9 Å². The second-order valence-electron chi connectivity index (χ2n) is 7.81. The summed E-state index contributed by atoms with van der Waals surface area (Å²) < 4.78 is 32.8. The zero-order chi connectivity index (χ0) is 27.5. The third-order valence-electron chi connectivity index (χ3n) is 4.83. The Morgan fingerprint density at radius 3 is 1.95 bits per heavy atom. The monoisotopic (exact) mass is 523 g/mol. The molecule has 0 saturated carbocycles. The number of ether oxygens (including phenoxy) is 6. The summed E-state index contributed by atoms with van der Waals surface area (Å²) in [5, 5.41) is 3.52. The molecule has 5 atom stereocenters.